The zero-order valence-corrected chi connectivity index (χ0v) is 14.8. The summed E-state index contributed by atoms with van der Waals surface area (Å²) in [6.07, 6.45) is 0.805. The zero-order chi connectivity index (χ0) is 17.5. The standard InChI is InChI=1S/C18H28N2O3/c1-6-18(4,5)19-16(21)13-23-17(22)14-9-11-15(12-10-14)20(7-2)8-3/h9-12H,6-8,13H2,1-5H3,(H,19,21). The Balaban J connectivity index is 2.57. The molecule has 0 fully saturated rings. The highest BCUT2D eigenvalue weighted by Crippen LogP contribution is 2.15. The molecule has 0 aromatic heterocycles. The molecule has 0 saturated heterocycles. The van der Waals surface area contributed by atoms with Gasteiger partial charge in [0.25, 0.3) is 5.91 Å². The lowest BCUT2D eigenvalue weighted by Gasteiger charge is -2.24. The fourth-order valence-electron chi connectivity index (χ4n) is 2.11. The van der Waals surface area contributed by atoms with Gasteiger partial charge in [0.1, 0.15) is 0 Å². The summed E-state index contributed by atoms with van der Waals surface area (Å²) in [4.78, 5) is 26.0. The molecule has 0 bridgehead atoms. The minimum Gasteiger partial charge on any atom is -0.452 e. The van der Waals surface area contributed by atoms with Crippen LogP contribution >= 0.6 is 0 Å². The Morgan fingerprint density at radius 3 is 2.13 bits per heavy atom. The Labute approximate surface area is 139 Å². The average Bonchev–Trinajstić information content (AvgIpc) is 2.54. The summed E-state index contributed by atoms with van der Waals surface area (Å²) < 4.78 is 5.07. The molecule has 0 spiro atoms. The van der Waals surface area contributed by atoms with E-state index in [9.17, 15) is 9.59 Å². The molecule has 1 aromatic rings. The van der Waals surface area contributed by atoms with E-state index in [1.807, 2.05) is 32.9 Å². The third-order valence-corrected chi connectivity index (χ3v) is 3.93. The Kier molecular flexibility index (Phi) is 7.07. The van der Waals surface area contributed by atoms with Gasteiger partial charge in [0.15, 0.2) is 6.61 Å². The summed E-state index contributed by atoms with van der Waals surface area (Å²) in [5.74, 6) is -0.773. The quantitative estimate of drug-likeness (QED) is 0.748. The third kappa shape index (κ3) is 5.93. The molecular formula is C18H28N2O3. The van der Waals surface area contributed by atoms with E-state index in [1.54, 1.807) is 12.1 Å². The summed E-state index contributed by atoms with van der Waals surface area (Å²) in [6, 6.07) is 7.24. The zero-order valence-electron chi connectivity index (χ0n) is 14.8. The van der Waals surface area contributed by atoms with Crippen molar-refractivity contribution < 1.29 is 14.3 Å². The maximum atomic E-state index is 12.0. The van der Waals surface area contributed by atoms with Crippen molar-refractivity contribution in [2.75, 3.05) is 24.6 Å². The lowest BCUT2D eigenvalue weighted by atomic mass is 10.0. The van der Waals surface area contributed by atoms with E-state index >= 15 is 0 Å². The first-order valence-electron chi connectivity index (χ1n) is 8.16. The number of carbonyl (C=O) groups excluding carboxylic acids is 2. The highest BCUT2D eigenvalue weighted by molar-refractivity contribution is 5.91. The summed E-state index contributed by atoms with van der Waals surface area (Å²) in [5.41, 5.74) is 1.21. The van der Waals surface area contributed by atoms with Crippen LogP contribution in [0.5, 0.6) is 0 Å². The summed E-state index contributed by atoms with van der Waals surface area (Å²) in [6.45, 7) is 11.6. The molecular weight excluding hydrogens is 292 g/mol. The summed E-state index contributed by atoms with van der Waals surface area (Å²) >= 11 is 0. The van der Waals surface area contributed by atoms with Crippen molar-refractivity contribution >= 4 is 17.6 Å². The fourth-order valence-corrected chi connectivity index (χ4v) is 2.11. The van der Waals surface area contributed by atoms with Crippen LogP contribution in [0.25, 0.3) is 0 Å². The molecule has 5 nitrogen and oxygen atoms in total. The predicted octanol–water partition coefficient (Wildman–Crippen LogP) is 2.99. The van der Waals surface area contributed by atoms with Gasteiger partial charge in [-0.2, -0.15) is 0 Å². The highest BCUT2D eigenvalue weighted by atomic mass is 16.5. The number of rotatable bonds is 8. The molecule has 1 amide bonds. The molecule has 0 saturated carbocycles. The summed E-state index contributed by atoms with van der Waals surface area (Å²) in [7, 11) is 0. The molecule has 0 aliphatic heterocycles. The van der Waals surface area contributed by atoms with Gasteiger partial charge in [-0.05, 0) is 58.4 Å². The van der Waals surface area contributed by atoms with Crippen molar-refractivity contribution in [3.8, 4) is 0 Å². The monoisotopic (exact) mass is 320 g/mol. The van der Waals surface area contributed by atoms with Gasteiger partial charge in [-0.25, -0.2) is 4.79 Å². The first-order valence-corrected chi connectivity index (χ1v) is 8.16. The molecule has 23 heavy (non-hydrogen) atoms. The first kappa shape index (κ1) is 19.0. The molecule has 0 unspecified atom stereocenters. The van der Waals surface area contributed by atoms with E-state index in [1.165, 1.54) is 0 Å². The van der Waals surface area contributed by atoms with Gasteiger partial charge < -0.3 is 15.0 Å². The summed E-state index contributed by atoms with van der Waals surface area (Å²) in [5, 5.41) is 2.83. The minimum absolute atomic E-state index is 0.264. The average molecular weight is 320 g/mol. The van der Waals surface area contributed by atoms with Crippen LogP contribution in [0.4, 0.5) is 5.69 Å². The number of hydrogen-bond acceptors (Lipinski definition) is 4. The number of esters is 1. The second kappa shape index (κ2) is 8.56. The van der Waals surface area contributed by atoms with E-state index in [0.29, 0.717) is 5.56 Å². The topological polar surface area (TPSA) is 58.6 Å². The number of benzene rings is 1. The molecule has 1 aromatic carbocycles. The maximum Gasteiger partial charge on any atom is 0.338 e. The van der Waals surface area contributed by atoms with Gasteiger partial charge in [0.05, 0.1) is 5.56 Å². The number of hydrogen-bond donors (Lipinski definition) is 1. The Morgan fingerprint density at radius 2 is 1.65 bits per heavy atom. The highest BCUT2D eigenvalue weighted by Gasteiger charge is 2.19. The Hall–Kier alpha value is -2.04. The van der Waals surface area contributed by atoms with Gasteiger partial charge in [0.2, 0.25) is 0 Å². The molecule has 1 N–H and O–H groups in total. The SMILES string of the molecule is CCN(CC)c1ccc(C(=O)OCC(=O)NC(C)(C)CC)cc1. The lowest BCUT2D eigenvalue weighted by molar-refractivity contribution is -0.125. The first-order chi connectivity index (χ1) is 10.8. The van der Waals surface area contributed by atoms with Crippen LogP contribution in [0.2, 0.25) is 0 Å². The van der Waals surface area contributed by atoms with Crippen molar-refractivity contribution in [2.24, 2.45) is 0 Å². The van der Waals surface area contributed by atoms with Crippen LogP contribution in [0.3, 0.4) is 0 Å². The molecule has 0 radical (unpaired) electrons. The van der Waals surface area contributed by atoms with Crippen molar-refractivity contribution in [3.63, 3.8) is 0 Å². The number of nitrogens with one attached hydrogen (secondary N) is 1. The van der Waals surface area contributed by atoms with Crippen LogP contribution in [-0.4, -0.2) is 37.1 Å². The predicted molar refractivity (Wildman–Crippen MR) is 92.8 cm³/mol. The van der Waals surface area contributed by atoms with Crippen LogP contribution in [0, 0.1) is 0 Å². The van der Waals surface area contributed by atoms with Gasteiger partial charge >= 0.3 is 5.97 Å². The molecule has 128 valence electrons. The van der Waals surface area contributed by atoms with Crippen molar-refractivity contribution in [3.05, 3.63) is 29.8 Å². The maximum absolute atomic E-state index is 12.0. The van der Waals surface area contributed by atoms with E-state index in [-0.39, 0.29) is 18.1 Å². The van der Waals surface area contributed by atoms with Crippen LogP contribution in [0.15, 0.2) is 24.3 Å². The van der Waals surface area contributed by atoms with Crippen LogP contribution in [0.1, 0.15) is 51.4 Å². The van der Waals surface area contributed by atoms with Gasteiger partial charge in [-0.1, -0.05) is 6.92 Å². The number of amides is 1. The van der Waals surface area contributed by atoms with E-state index < -0.39 is 5.97 Å². The normalized spacial score (nSPS) is 11.0. The van der Waals surface area contributed by atoms with Gasteiger partial charge in [-0.3, -0.25) is 4.79 Å². The smallest absolute Gasteiger partial charge is 0.338 e. The second-order valence-corrected chi connectivity index (χ2v) is 6.08. The van der Waals surface area contributed by atoms with Crippen molar-refractivity contribution in [2.45, 2.75) is 46.6 Å². The van der Waals surface area contributed by atoms with E-state index in [4.69, 9.17) is 4.74 Å². The Bertz CT molecular complexity index is 520. The molecule has 1 rings (SSSR count). The molecule has 0 heterocycles. The number of ether oxygens (including phenoxy) is 1. The van der Waals surface area contributed by atoms with Crippen molar-refractivity contribution in [1.29, 1.82) is 0 Å². The van der Waals surface area contributed by atoms with Gasteiger partial charge in [-0.15, -0.1) is 0 Å². The van der Waals surface area contributed by atoms with Crippen LogP contribution < -0.4 is 10.2 Å². The number of nitrogens with zero attached hydrogens (tertiary/aromatic N) is 1. The number of carbonyl (C=O) groups is 2. The van der Waals surface area contributed by atoms with Gasteiger partial charge in [0, 0.05) is 24.3 Å². The largest absolute Gasteiger partial charge is 0.452 e. The Morgan fingerprint density at radius 1 is 1.09 bits per heavy atom. The van der Waals surface area contributed by atoms with Crippen LogP contribution in [-0.2, 0) is 9.53 Å². The minimum atomic E-state index is -0.486. The molecule has 5 heteroatoms. The molecule has 0 atom stereocenters. The second-order valence-electron chi connectivity index (χ2n) is 6.08. The van der Waals surface area contributed by atoms with E-state index in [0.717, 1.165) is 25.2 Å². The molecule has 0 aliphatic rings. The molecule has 0 aliphatic carbocycles. The third-order valence-electron chi connectivity index (χ3n) is 3.93. The van der Waals surface area contributed by atoms with Crippen molar-refractivity contribution in [1.82, 2.24) is 5.32 Å². The number of anilines is 1. The lowest BCUT2D eigenvalue weighted by Crippen LogP contribution is -2.44. The fraction of sp³-hybridized carbons (Fsp3) is 0.556. The van der Waals surface area contributed by atoms with E-state index in [2.05, 4.69) is 24.1 Å².